The molecule has 0 aliphatic carbocycles. The molecule has 1 N–H and O–H groups in total. The van der Waals surface area contributed by atoms with Gasteiger partial charge in [0.15, 0.2) is 0 Å². The molecule has 0 fully saturated rings. The highest BCUT2D eigenvalue weighted by Crippen LogP contribution is 2.13. The Morgan fingerprint density at radius 2 is 2.05 bits per heavy atom. The van der Waals surface area contributed by atoms with Crippen LogP contribution in [0, 0.1) is 0 Å². The Morgan fingerprint density at radius 1 is 1.26 bits per heavy atom. The van der Waals surface area contributed by atoms with Crippen LogP contribution in [-0.2, 0) is 13.0 Å². The summed E-state index contributed by atoms with van der Waals surface area (Å²) in [6.45, 7) is 5.91. The first-order chi connectivity index (χ1) is 9.24. The second-order valence-electron chi connectivity index (χ2n) is 4.66. The van der Waals surface area contributed by atoms with E-state index >= 15 is 0 Å². The van der Waals surface area contributed by atoms with Crippen LogP contribution in [-0.4, -0.2) is 17.6 Å². The molecule has 1 aromatic heterocycles. The van der Waals surface area contributed by atoms with Gasteiger partial charge < -0.3 is 10.1 Å². The first-order valence-corrected chi connectivity index (χ1v) is 7.46. The van der Waals surface area contributed by atoms with Crippen molar-refractivity contribution >= 4 is 11.3 Å². The smallest absolute Gasteiger partial charge is 0.119 e. The standard InChI is InChI=1S/C15H20N2OS/c1-12(2)18-14-5-3-13(4-6-14)11-16-8-7-15-17-9-10-19-15/h3-6,9-10,12,16H,7-8,11H2,1-2H3. The Hall–Kier alpha value is -1.39. The summed E-state index contributed by atoms with van der Waals surface area (Å²) < 4.78 is 5.62. The number of thiazole rings is 1. The quantitative estimate of drug-likeness (QED) is 0.788. The number of ether oxygens (including phenoxy) is 1. The van der Waals surface area contributed by atoms with Crippen LogP contribution in [0.5, 0.6) is 5.75 Å². The maximum absolute atomic E-state index is 5.62. The third-order valence-corrected chi connectivity index (χ3v) is 3.46. The van der Waals surface area contributed by atoms with Crippen molar-refractivity contribution in [3.05, 3.63) is 46.4 Å². The zero-order valence-electron chi connectivity index (χ0n) is 11.4. The van der Waals surface area contributed by atoms with Crippen molar-refractivity contribution < 1.29 is 4.74 Å². The number of nitrogens with zero attached hydrogens (tertiary/aromatic N) is 1. The molecule has 0 spiro atoms. The molecule has 0 radical (unpaired) electrons. The van der Waals surface area contributed by atoms with E-state index in [1.165, 1.54) is 10.6 Å². The summed E-state index contributed by atoms with van der Waals surface area (Å²) in [4.78, 5) is 4.26. The molecular weight excluding hydrogens is 256 g/mol. The van der Waals surface area contributed by atoms with Gasteiger partial charge in [-0.05, 0) is 31.5 Å². The maximum atomic E-state index is 5.62. The zero-order valence-corrected chi connectivity index (χ0v) is 12.2. The van der Waals surface area contributed by atoms with Crippen LogP contribution in [0.4, 0.5) is 0 Å². The average molecular weight is 276 g/mol. The highest BCUT2D eigenvalue weighted by Gasteiger charge is 1.99. The molecule has 2 rings (SSSR count). The van der Waals surface area contributed by atoms with Crippen molar-refractivity contribution in [2.75, 3.05) is 6.54 Å². The Labute approximate surface area is 118 Å². The topological polar surface area (TPSA) is 34.1 Å². The van der Waals surface area contributed by atoms with Gasteiger partial charge in [0.2, 0.25) is 0 Å². The molecule has 0 saturated heterocycles. The van der Waals surface area contributed by atoms with Gasteiger partial charge in [-0.15, -0.1) is 11.3 Å². The third kappa shape index (κ3) is 5.01. The van der Waals surface area contributed by atoms with Crippen LogP contribution in [0.25, 0.3) is 0 Å². The molecule has 4 heteroatoms. The van der Waals surface area contributed by atoms with E-state index in [-0.39, 0.29) is 6.10 Å². The van der Waals surface area contributed by atoms with Crippen LogP contribution in [0.1, 0.15) is 24.4 Å². The van der Waals surface area contributed by atoms with Gasteiger partial charge in [0.25, 0.3) is 0 Å². The Kier molecular flexibility index (Phi) is 5.36. The van der Waals surface area contributed by atoms with Crippen LogP contribution in [0.2, 0.25) is 0 Å². The summed E-state index contributed by atoms with van der Waals surface area (Å²) in [6.07, 6.45) is 3.07. The summed E-state index contributed by atoms with van der Waals surface area (Å²) >= 11 is 1.71. The molecule has 0 aliphatic heterocycles. The minimum atomic E-state index is 0.224. The van der Waals surface area contributed by atoms with E-state index in [0.29, 0.717) is 0 Å². The largest absolute Gasteiger partial charge is 0.491 e. The molecular formula is C15H20N2OS. The number of aromatic nitrogens is 1. The molecule has 0 aliphatic rings. The molecule has 0 saturated carbocycles. The molecule has 19 heavy (non-hydrogen) atoms. The molecule has 0 bridgehead atoms. The molecule has 3 nitrogen and oxygen atoms in total. The fourth-order valence-corrected chi connectivity index (χ4v) is 2.38. The summed E-state index contributed by atoms with van der Waals surface area (Å²) in [5, 5.41) is 6.63. The van der Waals surface area contributed by atoms with Crippen LogP contribution >= 0.6 is 11.3 Å². The van der Waals surface area contributed by atoms with Gasteiger partial charge in [0, 0.05) is 31.1 Å². The lowest BCUT2D eigenvalue weighted by Gasteiger charge is -2.10. The minimum absolute atomic E-state index is 0.224. The van der Waals surface area contributed by atoms with E-state index < -0.39 is 0 Å². The van der Waals surface area contributed by atoms with Crippen LogP contribution in [0.3, 0.4) is 0 Å². The highest BCUT2D eigenvalue weighted by molar-refractivity contribution is 7.09. The molecule has 0 atom stereocenters. The number of hydrogen-bond acceptors (Lipinski definition) is 4. The summed E-state index contributed by atoms with van der Waals surface area (Å²) in [5.74, 6) is 0.932. The summed E-state index contributed by atoms with van der Waals surface area (Å²) in [7, 11) is 0. The predicted octanol–water partition coefficient (Wildman–Crippen LogP) is 3.26. The van der Waals surface area contributed by atoms with Crippen molar-refractivity contribution in [2.24, 2.45) is 0 Å². The molecule has 1 aromatic carbocycles. The molecule has 2 aromatic rings. The second-order valence-corrected chi connectivity index (χ2v) is 5.64. The van der Waals surface area contributed by atoms with Crippen molar-refractivity contribution in [2.45, 2.75) is 32.9 Å². The van der Waals surface area contributed by atoms with Crippen LogP contribution < -0.4 is 10.1 Å². The van der Waals surface area contributed by atoms with E-state index in [9.17, 15) is 0 Å². The molecule has 102 valence electrons. The number of hydrogen-bond donors (Lipinski definition) is 1. The lowest BCUT2D eigenvalue weighted by molar-refractivity contribution is 0.242. The van der Waals surface area contributed by atoms with Gasteiger partial charge in [-0.1, -0.05) is 12.1 Å². The first kappa shape index (κ1) is 14.0. The van der Waals surface area contributed by atoms with E-state index in [0.717, 1.165) is 25.3 Å². The van der Waals surface area contributed by atoms with E-state index in [1.807, 2.05) is 37.6 Å². The summed E-state index contributed by atoms with van der Waals surface area (Å²) in [6, 6.07) is 8.26. The number of rotatable bonds is 7. The lowest BCUT2D eigenvalue weighted by Crippen LogP contribution is -2.16. The fourth-order valence-electron chi connectivity index (χ4n) is 1.76. The van der Waals surface area contributed by atoms with Gasteiger partial charge in [-0.3, -0.25) is 0 Å². The van der Waals surface area contributed by atoms with E-state index in [1.54, 1.807) is 11.3 Å². The van der Waals surface area contributed by atoms with Gasteiger partial charge in [-0.25, -0.2) is 4.98 Å². The third-order valence-electron chi connectivity index (χ3n) is 2.62. The monoisotopic (exact) mass is 276 g/mol. The normalized spacial score (nSPS) is 10.9. The molecule has 1 heterocycles. The average Bonchev–Trinajstić information content (AvgIpc) is 2.89. The van der Waals surface area contributed by atoms with E-state index in [4.69, 9.17) is 4.74 Å². The molecule has 0 unspecified atom stereocenters. The first-order valence-electron chi connectivity index (χ1n) is 6.59. The Morgan fingerprint density at radius 3 is 2.68 bits per heavy atom. The Bertz CT molecular complexity index is 465. The van der Waals surface area contributed by atoms with Gasteiger partial charge in [-0.2, -0.15) is 0 Å². The fraction of sp³-hybridized carbons (Fsp3) is 0.400. The minimum Gasteiger partial charge on any atom is -0.491 e. The number of benzene rings is 1. The second kappa shape index (κ2) is 7.26. The van der Waals surface area contributed by atoms with Gasteiger partial charge in [0.05, 0.1) is 11.1 Å². The number of nitrogens with one attached hydrogen (secondary N) is 1. The van der Waals surface area contributed by atoms with Crippen LogP contribution in [0.15, 0.2) is 35.8 Å². The lowest BCUT2D eigenvalue weighted by atomic mass is 10.2. The highest BCUT2D eigenvalue weighted by atomic mass is 32.1. The van der Waals surface area contributed by atoms with Gasteiger partial charge >= 0.3 is 0 Å². The van der Waals surface area contributed by atoms with E-state index in [2.05, 4.69) is 22.4 Å². The van der Waals surface area contributed by atoms with Crippen molar-refractivity contribution in [1.29, 1.82) is 0 Å². The van der Waals surface area contributed by atoms with Crippen molar-refractivity contribution in [1.82, 2.24) is 10.3 Å². The van der Waals surface area contributed by atoms with Crippen molar-refractivity contribution in [3.8, 4) is 5.75 Å². The van der Waals surface area contributed by atoms with Crippen molar-refractivity contribution in [3.63, 3.8) is 0 Å². The molecule has 0 amide bonds. The predicted molar refractivity (Wildman–Crippen MR) is 79.7 cm³/mol. The summed E-state index contributed by atoms with van der Waals surface area (Å²) in [5.41, 5.74) is 1.27. The van der Waals surface area contributed by atoms with Gasteiger partial charge in [0.1, 0.15) is 5.75 Å². The Balaban J connectivity index is 1.71. The SMILES string of the molecule is CC(C)Oc1ccc(CNCCc2nccs2)cc1. The zero-order chi connectivity index (χ0) is 13.5. The maximum Gasteiger partial charge on any atom is 0.119 e.